The van der Waals surface area contributed by atoms with Crippen molar-refractivity contribution in [3.8, 4) is 0 Å². The van der Waals surface area contributed by atoms with Gasteiger partial charge in [-0.15, -0.1) is 0 Å². The lowest BCUT2D eigenvalue weighted by Crippen LogP contribution is -2.43. The van der Waals surface area contributed by atoms with Crippen molar-refractivity contribution in [3.63, 3.8) is 0 Å². The fraction of sp³-hybridized carbons (Fsp3) is 0.724. The smallest absolute Gasteiger partial charge is 0.320 e. The second-order valence-corrected chi connectivity index (χ2v) is 12.4. The molecular weight excluding hydrogens is 514 g/mol. The Morgan fingerprint density at radius 1 is 0.775 bits per heavy atom. The highest BCUT2D eigenvalue weighted by Crippen LogP contribution is 2.15. The predicted molar refractivity (Wildman–Crippen MR) is 155 cm³/mol. The first-order chi connectivity index (χ1) is 18.7. The molecule has 11 nitrogen and oxygen atoms in total. The molecule has 0 bridgehead atoms. The van der Waals surface area contributed by atoms with E-state index in [0.29, 0.717) is 13.1 Å². The molecule has 2 rings (SSSR count). The largest absolute Gasteiger partial charge is 0.459 e. The summed E-state index contributed by atoms with van der Waals surface area (Å²) in [7, 11) is 0. The third-order valence-corrected chi connectivity index (χ3v) is 6.21. The average molecular weight is 564 g/mol. The first-order valence-electron chi connectivity index (χ1n) is 14.2. The van der Waals surface area contributed by atoms with Crippen molar-refractivity contribution in [2.75, 3.05) is 65.4 Å². The Hall–Kier alpha value is -2.60. The van der Waals surface area contributed by atoms with Crippen molar-refractivity contribution in [1.29, 1.82) is 0 Å². The lowest BCUT2D eigenvalue weighted by atomic mass is 10.2. The molecule has 1 aromatic carbocycles. The van der Waals surface area contributed by atoms with Crippen molar-refractivity contribution in [3.05, 3.63) is 39.9 Å². The zero-order valence-corrected chi connectivity index (χ0v) is 25.2. The Kier molecular flexibility index (Phi) is 13.4. The maximum Gasteiger partial charge on any atom is 0.320 e. The number of hydrogen-bond donors (Lipinski definition) is 1. The van der Waals surface area contributed by atoms with Gasteiger partial charge in [-0.05, 0) is 79.6 Å². The number of carbonyl (C=O) groups excluding carboxylic acids is 2. The van der Waals surface area contributed by atoms with Gasteiger partial charge in [-0.3, -0.25) is 34.4 Å². The Labute approximate surface area is 239 Å². The topological polar surface area (TPSA) is 117 Å². The first-order valence-corrected chi connectivity index (χ1v) is 14.2. The Morgan fingerprint density at radius 2 is 1.27 bits per heavy atom. The van der Waals surface area contributed by atoms with Crippen LogP contribution in [0.25, 0.3) is 0 Å². The number of non-ortho nitro benzene ring substituents is 1. The van der Waals surface area contributed by atoms with Gasteiger partial charge in [0.05, 0.1) is 18.0 Å². The van der Waals surface area contributed by atoms with Crippen LogP contribution < -0.4 is 5.32 Å². The molecule has 1 aliphatic rings. The molecule has 11 heteroatoms. The van der Waals surface area contributed by atoms with Crippen LogP contribution in [-0.2, 0) is 25.6 Å². The highest BCUT2D eigenvalue weighted by Gasteiger charge is 2.22. The van der Waals surface area contributed by atoms with Crippen molar-refractivity contribution in [2.24, 2.45) is 0 Å². The molecule has 1 fully saturated rings. The fourth-order valence-corrected chi connectivity index (χ4v) is 4.49. The third kappa shape index (κ3) is 14.7. The molecule has 0 spiro atoms. The first kappa shape index (κ1) is 33.6. The summed E-state index contributed by atoms with van der Waals surface area (Å²) in [5.74, 6) is -0.463. The van der Waals surface area contributed by atoms with E-state index in [1.165, 1.54) is 12.1 Å². The molecule has 40 heavy (non-hydrogen) atoms. The highest BCUT2D eigenvalue weighted by molar-refractivity contribution is 5.72. The van der Waals surface area contributed by atoms with Gasteiger partial charge in [0.1, 0.15) is 11.2 Å². The van der Waals surface area contributed by atoms with Gasteiger partial charge in [-0.2, -0.15) is 0 Å². The Bertz CT molecular complexity index is 942. The minimum Gasteiger partial charge on any atom is -0.459 e. The summed E-state index contributed by atoms with van der Waals surface area (Å²) in [6.45, 7) is 18.3. The van der Waals surface area contributed by atoms with E-state index in [2.05, 4.69) is 20.0 Å². The minimum absolute atomic E-state index is 0.0692. The second kappa shape index (κ2) is 16.0. The van der Waals surface area contributed by atoms with Crippen molar-refractivity contribution >= 4 is 17.6 Å². The van der Waals surface area contributed by atoms with Gasteiger partial charge < -0.3 is 14.8 Å². The summed E-state index contributed by atoms with van der Waals surface area (Å²) in [5, 5.41) is 14.5. The van der Waals surface area contributed by atoms with E-state index in [-0.39, 0.29) is 30.7 Å². The summed E-state index contributed by atoms with van der Waals surface area (Å²) >= 11 is 0. The van der Waals surface area contributed by atoms with Gasteiger partial charge in [0, 0.05) is 51.4 Å². The molecule has 0 atom stereocenters. The summed E-state index contributed by atoms with van der Waals surface area (Å²) in [4.78, 5) is 42.3. The van der Waals surface area contributed by atoms with Crippen LogP contribution in [0.4, 0.5) is 5.69 Å². The summed E-state index contributed by atoms with van der Waals surface area (Å²) in [5.41, 5.74) is -0.000896. The van der Waals surface area contributed by atoms with E-state index < -0.39 is 16.1 Å². The predicted octanol–water partition coefficient (Wildman–Crippen LogP) is 3.07. The molecule has 1 N–H and O–H groups in total. The zero-order valence-electron chi connectivity index (χ0n) is 25.2. The zero-order chi connectivity index (χ0) is 29.8. The van der Waals surface area contributed by atoms with Crippen LogP contribution >= 0.6 is 0 Å². The molecular formula is C29H49N5O6. The number of rotatable bonds is 7. The number of nitro benzene ring substituents is 1. The standard InChI is InChI=1S/C29H49N5O6/c1-28(2,3)39-26(35)22-31-16-8-17-32(21-24-9-11-25(12-10-24)34(37)38)19-20-33(15-7-13-30-14-18-31)23-27(36)40-29(4,5)6/h9-12,30H,7-8,13-23H2,1-6H3. The second-order valence-electron chi connectivity index (χ2n) is 12.4. The molecule has 0 radical (unpaired) electrons. The van der Waals surface area contributed by atoms with Gasteiger partial charge in [0.25, 0.3) is 5.69 Å². The molecule has 226 valence electrons. The van der Waals surface area contributed by atoms with Crippen LogP contribution in [0.5, 0.6) is 0 Å². The van der Waals surface area contributed by atoms with Gasteiger partial charge in [-0.1, -0.05) is 12.1 Å². The third-order valence-electron chi connectivity index (χ3n) is 6.21. The number of benzene rings is 1. The number of carbonyl (C=O) groups is 2. The summed E-state index contributed by atoms with van der Waals surface area (Å²) in [6.07, 6.45) is 1.71. The molecule has 0 unspecified atom stereocenters. The summed E-state index contributed by atoms with van der Waals surface area (Å²) in [6, 6.07) is 6.65. The normalized spacial score (nSPS) is 18.1. The van der Waals surface area contributed by atoms with Crippen LogP contribution in [0.1, 0.15) is 59.9 Å². The molecule has 1 saturated heterocycles. The fourth-order valence-electron chi connectivity index (χ4n) is 4.49. The van der Waals surface area contributed by atoms with E-state index in [9.17, 15) is 19.7 Å². The van der Waals surface area contributed by atoms with Gasteiger partial charge in [-0.25, -0.2) is 0 Å². The number of nitrogens with one attached hydrogen (secondary N) is 1. The molecule has 0 amide bonds. The van der Waals surface area contributed by atoms with Crippen LogP contribution in [0, 0.1) is 10.1 Å². The van der Waals surface area contributed by atoms with Crippen LogP contribution in [0.2, 0.25) is 0 Å². The monoisotopic (exact) mass is 563 g/mol. The van der Waals surface area contributed by atoms with Gasteiger partial charge in [0.2, 0.25) is 0 Å². The summed E-state index contributed by atoms with van der Waals surface area (Å²) < 4.78 is 11.1. The van der Waals surface area contributed by atoms with Crippen LogP contribution in [0.15, 0.2) is 24.3 Å². The molecule has 1 aromatic rings. The maximum atomic E-state index is 12.6. The maximum absolute atomic E-state index is 12.6. The van der Waals surface area contributed by atoms with E-state index in [1.54, 1.807) is 12.1 Å². The number of hydrogen-bond acceptors (Lipinski definition) is 10. The van der Waals surface area contributed by atoms with E-state index in [0.717, 1.165) is 64.2 Å². The quantitative estimate of drug-likeness (QED) is 0.301. The minimum atomic E-state index is -0.533. The van der Waals surface area contributed by atoms with E-state index in [1.807, 2.05) is 41.5 Å². The van der Waals surface area contributed by atoms with Crippen molar-refractivity contribution in [2.45, 2.75) is 72.1 Å². The van der Waals surface area contributed by atoms with E-state index >= 15 is 0 Å². The van der Waals surface area contributed by atoms with Gasteiger partial charge >= 0.3 is 11.9 Å². The Morgan fingerprint density at radius 3 is 1.82 bits per heavy atom. The lowest BCUT2D eigenvalue weighted by Gasteiger charge is -2.30. The number of nitro groups is 1. The molecule has 0 saturated carbocycles. The Balaban J connectivity index is 2.11. The van der Waals surface area contributed by atoms with Crippen LogP contribution in [-0.4, -0.2) is 108 Å². The lowest BCUT2D eigenvalue weighted by molar-refractivity contribution is -0.384. The number of ether oxygens (including phenoxy) is 2. The van der Waals surface area contributed by atoms with Crippen molar-refractivity contribution in [1.82, 2.24) is 20.0 Å². The highest BCUT2D eigenvalue weighted by atomic mass is 16.6. The number of esters is 2. The molecule has 0 aromatic heterocycles. The van der Waals surface area contributed by atoms with Gasteiger partial charge in [0.15, 0.2) is 0 Å². The molecule has 1 heterocycles. The molecule has 1 aliphatic heterocycles. The molecule has 0 aliphatic carbocycles. The van der Waals surface area contributed by atoms with Crippen molar-refractivity contribution < 1.29 is 24.0 Å². The SMILES string of the molecule is CC(C)(C)OC(=O)CN1CCCN(Cc2ccc([N+](=O)[O-])cc2)CCN(CC(=O)OC(C)(C)C)CCCNCC1. The number of nitrogens with zero attached hydrogens (tertiary/aromatic N) is 4. The van der Waals surface area contributed by atoms with E-state index in [4.69, 9.17) is 9.47 Å². The van der Waals surface area contributed by atoms with Crippen LogP contribution in [0.3, 0.4) is 0 Å². The average Bonchev–Trinajstić information content (AvgIpc) is 2.81.